The van der Waals surface area contributed by atoms with Crippen molar-refractivity contribution in [3.05, 3.63) is 88.2 Å². The fourth-order valence-electron chi connectivity index (χ4n) is 2.96. The molecule has 7 heteroatoms. The number of aryl methyl sites for hydroxylation is 1. The number of anilines is 1. The molecule has 4 aromatic rings. The van der Waals surface area contributed by atoms with Crippen molar-refractivity contribution in [1.29, 1.82) is 0 Å². The van der Waals surface area contributed by atoms with E-state index in [0.717, 1.165) is 5.76 Å². The largest absolute Gasteiger partial charge is 0.460 e. The minimum Gasteiger partial charge on any atom is -0.460 e. The molecule has 28 heavy (non-hydrogen) atoms. The molecule has 0 aliphatic rings. The number of nitro benzene ring substituents is 1. The third kappa shape index (κ3) is 3.33. The summed E-state index contributed by atoms with van der Waals surface area (Å²) >= 11 is 0. The Morgan fingerprint density at radius 2 is 1.89 bits per heavy atom. The number of fused-ring (bicyclic) bond motifs is 1. The van der Waals surface area contributed by atoms with Crippen LogP contribution in [0.4, 0.5) is 11.4 Å². The Hall–Kier alpha value is -4.00. The number of para-hydroxylation sites is 1. The van der Waals surface area contributed by atoms with E-state index in [-0.39, 0.29) is 11.6 Å². The van der Waals surface area contributed by atoms with Crippen molar-refractivity contribution >= 4 is 28.2 Å². The molecule has 2 aromatic heterocycles. The monoisotopic (exact) mass is 373 g/mol. The number of carbonyl (C=O) groups is 1. The maximum Gasteiger partial charge on any atom is 0.271 e. The van der Waals surface area contributed by atoms with E-state index >= 15 is 0 Å². The van der Waals surface area contributed by atoms with Crippen LogP contribution in [0.3, 0.4) is 0 Å². The number of hydrogen-bond acceptors (Lipinski definition) is 5. The number of nitro groups is 1. The Kier molecular flexibility index (Phi) is 4.33. The zero-order chi connectivity index (χ0) is 19.7. The summed E-state index contributed by atoms with van der Waals surface area (Å²) in [5.41, 5.74) is 1.84. The lowest BCUT2D eigenvalue weighted by atomic mass is 10.1. The summed E-state index contributed by atoms with van der Waals surface area (Å²) in [6.45, 7) is 1.83. The zero-order valence-corrected chi connectivity index (χ0v) is 14.9. The Bertz CT molecular complexity index is 1210. The van der Waals surface area contributed by atoms with Crippen LogP contribution in [-0.4, -0.2) is 15.8 Å². The second-order valence-corrected chi connectivity index (χ2v) is 6.24. The van der Waals surface area contributed by atoms with E-state index in [9.17, 15) is 14.9 Å². The molecule has 2 heterocycles. The van der Waals surface area contributed by atoms with Crippen molar-refractivity contribution < 1.29 is 14.1 Å². The Morgan fingerprint density at radius 1 is 1.07 bits per heavy atom. The number of nitrogens with zero attached hydrogens (tertiary/aromatic N) is 2. The summed E-state index contributed by atoms with van der Waals surface area (Å²) < 4.78 is 5.64. The Labute approximate surface area is 159 Å². The minimum atomic E-state index is -0.505. The van der Waals surface area contributed by atoms with Gasteiger partial charge in [-0.15, -0.1) is 0 Å². The maximum atomic E-state index is 13.0. The van der Waals surface area contributed by atoms with Crippen molar-refractivity contribution in [1.82, 2.24) is 4.98 Å². The summed E-state index contributed by atoms with van der Waals surface area (Å²) in [5.74, 6) is 0.920. The van der Waals surface area contributed by atoms with Crippen LogP contribution in [0.15, 0.2) is 71.1 Å². The van der Waals surface area contributed by atoms with Gasteiger partial charge < -0.3 is 9.73 Å². The average molecular weight is 373 g/mol. The molecule has 1 N–H and O–H groups in total. The smallest absolute Gasteiger partial charge is 0.271 e. The lowest BCUT2D eigenvalue weighted by Crippen LogP contribution is -2.13. The quantitative estimate of drug-likeness (QED) is 0.402. The first-order valence-electron chi connectivity index (χ1n) is 8.54. The second kappa shape index (κ2) is 6.96. The van der Waals surface area contributed by atoms with Crippen molar-refractivity contribution in [2.75, 3.05) is 5.32 Å². The highest BCUT2D eigenvalue weighted by Gasteiger charge is 2.16. The van der Waals surface area contributed by atoms with Crippen molar-refractivity contribution in [3.63, 3.8) is 0 Å². The second-order valence-electron chi connectivity index (χ2n) is 6.24. The number of furan rings is 1. The highest BCUT2D eigenvalue weighted by atomic mass is 16.6. The third-order valence-electron chi connectivity index (χ3n) is 4.27. The molecule has 7 nitrogen and oxygen atoms in total. The van der Waals surface area contributed by atoms with Crippen LogP contribution in [0.5, 0.6) is 0 Å². The van der Waals surface area contributed by atoms with E-state index in [1.165, 1.54) is 18.2 Å². The summed E-state index contributed by atoms with van der Waals surface area (Å²) in [6.07, 6.45) is 0. The molecule has 0 aliphatic carbocycles. The predicted octanol–water partition coefficient (Wildman–Crippen LogP) is 4.96. The minimum absolute atomic E-state index is 0.0934. The van der Waals surface area contributed by atoms with Crippen LogP contribution >= 0.6 is 0 Å². The normalized spacial score (nSPS) is 10.8. The fraction of sp³-hybridized carbons (Fsp3) is 0.0476. The topological polar surface area (TPSA) is 98.3 Å². The van der Waals surface area contributed by atoms with Gasteiger partial charge in [-0.3, -0.25) is 14.9 Å². The van der Waals surface area contributed by atoms with Gasteiger partial charge in [-0.25, -0.2) is 4.98 Å². The van der Waals surface area contributed by atoms with Crippen LogP contribution in [0, 0.1) is 17.0 Å². The molecule has 0 saturated heterocycles. The summed E-state index contributed by atoms with van der Waals surface area (Å²) in [5, 5.41) is 14.4. The molecule has 0 saturated carbocycles. The molecule has 1 amide bonds. The van der Waals surface area contributed by atoms with Crippen LogP contribution in [-0.2, 0) is 0 Å². The molecule has 138 valence electrons. The van der Waals surface area contributed by atoms with Gasteiger partial charge in [0.15, 0.2) is 5.76 Å². The van der Waals surface area contributed by atoms with Gasteiger partial charge in [-0.1, -0.05) is 24.3 Å². The fourth-order valence-corrected chi connectivity index (χ4v) is 2.96. The number of nitrogens with one attached hydrogen (secondary N) is 1. The van der Waals surface area contributed by atoms with Gasteiger partial charge in [0.05, 0.1) is 16.0 Å². The van der Waals surface area contributed by atoms with Gasteiger partial charge in [-0.05, 0) is 37.3 Å². The highest BCUT2D eigenvalue weighted by Crippen LogP contribution is 2.27. The van der Waals surface area contributed by atoms with Gasteiger partial charge in [-0.2, -0.15) is 0 Å². The van der Waals surface area contributed by atoms with Gasteiger partial charge in [0.25, 0.3) is 11.6 Å². The molecule has 0 aliphatic heterocycles. The maximum absolute atomic E-state index is 13.0. The number of amides is 1. The van der Waals surface area contributed by atoms with E-state index in [2.05, 4.69) is 10.3 Å². The number of hydrogen-bond donors (Lipinski definition) is 1. The lowest BCUT2D eigenvalue weighted by molar-refractivity contribution is -0.384. The lowest BCUT2D eigenvalue weighted by Gasteiger charge is -2.10. The van der Waals surface area contributed by atoms with E-state index in [4.69, 9.17) is 4.42 Å². The average Bonchev–Trinajstić information content (AvgIpc) is 3.13. The highest BCUT2D eigenvalue weighted by molar-refractivity contribution is 6.13. The van der Waals surface area contributed by atoms with Crippen LogP contribution in [0.2, 0.25) is 0 Å². The first kappa shape index (κ1) is 17.4. The van der Waals surface area contributed by atoms with Crippen molar-refractivity contribution in [2.24, 2.45) is 0 Å². The Balaban J connectivity index is 1.77. The van der Waals surface area contributed by atoms with Crippen LogP contribution < -0.4 is 5.32 Å². The van der Waals surface area contributed by atoms with E-state index < -0.39 is 4.92 Å². The summed E-state index contributed by atoms with van der Waals surface area (Å²) in [6, 6.07) is 18.4. The SMILES string of the molecule is Cc1ccc(-c2cc(C(=O)Nc3cccc([N+](=O)[O-])c3)c3ccccc3n2)o1. The molecule has 0 fully saturated rings. The number of benzene rings is 2. The van der Waals surface area contributed by atoms with Crippen LogP contribution in [0.1, 0.15) is 16.1 Å². The molecular formula is C21H15N3O4. The Morgan fingerprint density at radius 3 is 2.64 bits per heavy atom. The van der Waals surface area contributed by atoms with Crippen LogP contribution in [0.25, 0.3) is 22.4 Å². The predicted molar refractivity (Wildman–Crippen MR) is 105 cm³/mol. The van der Waals surface area contributed by atoms with E-state index in [1.54, 1.807) is 18.2 Å². The molecule has 2 aromatic carbocycles. The van der Waals surface area contributed by atoms with Gasteiger partial charge in [0.2, 0.25) is 0 Å². The molecule has 0 spiro atoms. The molecule has 0 unspecified atom stereocenters. The summed E-state index contributed by atoms with van der Waals surface area (Å²) in [7, 11) is 0. The van der Waals surface area contributed by atoms with Gasteiger partial charge >= 0.3 is 0 Å². The summed E-state index contributed by atoms with van der Waals surface area (Å²) in [4.78, 5) is 28.0. The van der Waals surface area contributed by atoms with Gasteiger partial charge in [0.1, 0.15) is 11.5 Å². The van der Waals surface area contributed by atoms with Gasteiger partial charge in [0, 0.05) is 23.2 Å². The molecule has 0 radical (unpaired) electrons. The zero-order valence-electron chi connectivity index (χ0n) is 14.9. The molecule has 4 rings (SSSR count). The van der Waals surface area contributed by atoms with Crippen molar-refractivity contribution in [2.45, 2.75) is 6.92 Å². The van der Waals surface area contributed by atoms with E-state index in [1.807, 2.05) is 37.3 Å². The number of rotatable bonds is 4. The standard InChI is InChI=1S/C21H15N3O4/c1-13-9-10-20(28-13)19-12-17(16-7-2-3-8-18(16)23-19)21(25)22-14-5-4-6-15(11-14)24(26)27/h2-12H,1H3,(H,22,25). The molecule has 0 atom stereocenters. The first-order chi connectivity index (χ1) is 13.5. The number of pyridine rings is 1. The number of carbonyl (C=O) groups excluding carboxylic acids is 1. The molecule has 0 bridgehead atoms. The van der Waals surface area contributed by atoms with E-state index in [0.29, 0.717) is 33.6 Å². The number of aromatic nitrogens is 1. The first-order valence-corrected chi connectivity index (χ1v) is 8.54. The third-order valence-corrected chi connectivity index (χ3v) is 4.27. The molecular weight excluding hydrogens is 358 g/mol. The number of non-ortho nitro benzene ring substituents is 1. The van der Waals surface area contributed by atoms with Crippen molar-refractivity contribution in [3.8, 4) is 11.5 Å².